The highest BCUT2D eigenvalue weighted by Gasteiger charge is 2.68. The van der Waals surface area contributed by atoms with E-state index in [0.29, 0.717) is 42.6 Å². The number of rotatable bonds is 3. The van der Waals surface area contributed by atoms with E-state index in [1.165, 1.54) is 109 Å². The first-order valence-electron chi connectivity index (χ1n) is 24.5. The molecular weight excluding hydrogens is 655 g/mol. The number of fused-ring (bicyclic) bond motifs is 15. The van der Waals surface area contributed by atoms with Crippen molar-refractivity contribution >= 4 is 12.2 Å². The van der Waals surface area contributed by atoms with Crippen LogP contribution in [0.4, 0.5) is 0 Å². The van der Waals surface area contributed by atoms with Crippen molar-refractivity contribution in [3.63, 3.8) is 0 Å². The Hall–Kier alpha value is -1.42. The van der Waals surface area contributed by atoms with E-state index in [2.05, 4.69) is 61.8 Å². The molecule has 7 aliphatic carbocycles. The molecule has 4 heteroatoms. The lowest BCUT2D eigenvalue weighted by Gasteiger charge is -2.70. The Morgan fingerprint density at radius 2 is 1.24 bits per heavy atom. The molecule has 3 saturated heterocycles. The molecule has 1 aromatic carbocycles. The van der Waals surface area contributed by atoms with Crippen molar-refractivity contribution in [3.05, 3.63) is 41.2 Å². The molecule has 292 valence electrons. The van der Waals surface area contributed by atoms with Crippen LogP contribution < -0.4 is 5.46 Å². The number of hydrogen-bond donors (Lipinski definition) is 0. The van der Waals surface area contributed by atoms with Gasteiger partial charge in [-0.05, 0) is 135 Å². The highest BCUT2D eigenvalue weighted by Crippen LogP contribution is 2.67. The predicted octanol–water partition coefficient (Wildman–Crippen LogP) is 11.2. The second kappa shape index (κ2) is 13.0. The highest BCUT2D eigenvalue weighted by atomic mass is 16.5. The van der Waals surface area contributed by atoms with Crippen LogP contribution in [0, 0.1) is 53.3 Å². The monoisotopic (exact) mass is 729 g/mol. The molecule has 0 amide bonds. The number of benzene rings is 1. The Kier molecular flexibility index (Phi) is 8.36. The van der Waals surface area contributed by atoms with Crippen LogP contribution in [0.25, 0.3) is 0 Å². The predicted molar refractivity (Wildman–Crippen MR) is 222 cm³/mol. The number of ether oxygens (including phenoxy) is 1. The summed E-state index contributed by atoms with van der Waals surface area (Å²) in [4.78, 5) is 6.74. The van der Waals surface area contributed by atoms with Crippen LogP contribution in [0.15, 0.2) is 30.1 Å². The first-order chi connectivity index (χ1) is 26.5. The van der Waals surface area contributed by atoms with Crippen molar-refractivity contribution in [2.24, 2.45) is 53.3 Å². The van der Waals surface area contributed by atoms with Gasteiger partial charge in [-0.3, -0.25) is 0 Å². The van der Waals surface area contributed by atoms with E-state index in [-0.39, 0.29) is 0 Å². The van der Waals surface area contributed by atoms with Gasteiger partial charge in [0.2, 0.25) is 0 Å². The largest absolute Gasteiger partial charge is 0.374 e. The van der Waals surface area contributed by atoms with E-state index in [9.17, 15) is 0 Å². The molecule has 11 aliphatic rings. The van der Waals surface area contributed by atoms with Crippen molar-refractivity contribution in [2.45, 2.75) is 210 Å². The molecule has 17 unspecified atom stereocenters. The molecule has 12 rings (SSSR count). The Balaban J connectivity index is 1.04. The van der Waals surface area contributed by atoms with Gasteiger partial charge in [0.1, 0.15) is 5.82 Å². The van der Waals surface area contributed by atoms with Crippen LogP contribution in [0.1, 0.15) is 173 Å². The molecule has 0 spiro atoms. The lowest BCUT2D eigenvalue weighted by atomic mass is 9.22. The van der Waals surface area contributed by atoms with Crippen LogP contribution in [0.3, 0.4) is 0 Å². The van der Waals surface area contributed by atoms with Crippen molar-refractivity contribution < 1.29 is 4.74 Å². The lowest BCUT2D eigenvalue weighted by Crippen LogP contribution is -2.74. The maximum Gasteiger partial charge on any atom is 0.187 e. The van der Waals surface area contributed by atoms with Gasteiger partial charge in [-0.2, -0.15) is 0 Å². The molecule has 10 fully saturated rings. The zero-order valence-corrected chi connectivity index (χ0v) is 34.6. The average molecular weight is 729 g/mol. The number of hydrogen-bond acceptors (Lipinski definition) is 3. The van der Waals surface area contributed by atoms with Crippen LogP contribution >= 0.6 is 0 Å². The average Bonchev–Trinajstić information content (AvgIpc) is 3.78. The van der Waals surface area contributed by atoms with Crippen molar-refractivity contribution in [1.82, 2.24) is 9.80 Å². The molecule has 4 aliphatic heterocycles. The summed E-state index contributed by atoms with van der Waals surface area (Å²) in [5, 5.41) is 0. The molecule has 7 saturated carbocycles. The van der Waals surface area contributed by atoms with Crippen molar-refractivity contribution in [1.29, 1.82) is 0 Å². The van der Waals surface area contributed by atoms with Gasteiger partial charge in [-0.25, -0.2) is 0 Å². The van der Waals surface area contributed by atoms with Gasteiger partial charge in [0.15, 0.2) is 6.71 Å². The number of nitrogens with zero attached hydrogens (tertiary/aromatic N) is 2. The first-order valence-corrected chi connectivity index (χ1v) is 24.5. The summed E-state index contributed by atoms with van der Waals surface area (Å²) in [6.07, 6.45) is 32.1. The zero-order chi connectivity index (χ0) is 36.0. The van der Waals surface area contributed by atoms with Crippen LogP contribution in [0.2, 0.25) is 11.6 Å². The fourth-order valence-electron chi connectivity index (χ4n) is 18.4. The minimum Gasteiger partial charge on any atom is -0.374 e. The van der Waals surface area contributed by atoms with E-state index < -0.39 is 0 Å². The van der Waals surface area contributed by atoms with E-state index in [4.69, 9.17) is 4.74 Å². The topological polar surface area (TPSA) is 15.7 Å². The SMILES string of the molecule is CC(C)c1cccc(C(C)C)c1B1C2CC3OC4CCCCC4C3CC2N2C3=CC4C5CCCCC5C5CCCCC5C4N3C3CCCC4CCC1C2C43. The summed E-state index contributed by atoms with van der Waals surface area (Å²) in [5.41, 5.74) is 5.23. The third-order valence-electron chi connectivity index (χ3n) is 19.9. The summed E-state index contributed by atoms with van der Waals surface area (Å²) in [7, 11) is 0. The van der Waals surface area contributed by atoms with E-state index in [1.807, 2.05) is 11.3 Å². The van der Waals surface area contributed by atoms with Crippen LogP contribution in [0.5, 0.6) is 0 Å². The Labute approximate surface area is 329 Å². The second-order valence-electron chi connectivity index (χ2n) is 22.4. The molecule has 0 N–H and O–H groups in total. The van der Waals surface area contributed by atoms with Gasteiger partial charge in [-0.1, -0.05) is 120 Å². The van der Waals surface area contributed by atoms with Gasteiger partial charge >= 0.3 is 0 Å². The fraction of sp³-hybridized carbons (Fsp3) is 0.840. The fourth-order valence-corrected chi connectivity index (χ4v) is 18.4. The van der Waals surface area contributed by atoms with E-state index in [1.54, 1.807) is 24.0 Å². The zero-order valence-electron chi connectivity index (χ0n) is 34.6. The summed E-state index contributed by atoms with van der Waals surface area (Å²) in [6.45, 7) is 10.7. The Bertz CT molecular complexity index is 1610. The molecule has 3 nitrogen and oxygen atoms in total. The first kappa shape index (κ1) is 34.6. The maximum atomic E-state index is 7.30. The molecule has 0 aromatic heterocycles. The van der Waals surface area contributed by atoms with E-state index in [0.717, 1.165) is 77.2 Å². The van der Waals surface area contributed by atoms with Crippen molar-refractivity contribution in [2.75, 3.05) is 0 Å². The minimum absolute atomic E-state index is 0.498. The standard InChI is InChI=1S/C50H73BN2O/c1-28(2)31-19-12-20-32(29(3)4)48(31)51-40-24-23-30-13-11-21-42-47(30)50(40)53(43-25-38-36-17-9-10-22-44(36)54-45(38)27-41(43)51)46-26-39-35-16-6-5-14-33(35)34-15-7-8-18-37(34)49(39)52(42)46/h12,19-20,26,28-30,33-45,47,49-50H,5-11,13-18,21-25,27H2,1-4H3. The van der Waals surface area contributed by atoms with Gasteiger partial charge in [0, 0.05) is 36.0 Å². The maximum absolute atomic E-state index is 7.30. The normalized spacial score (nSPS) is 48.5. The summed E-state index contributed by atoms with van der Waals surface area (Å²) < 4.78 is 7.30. The van der Waals surface area contributed by atoms with Gasteiger partial charge < -0.3 is 14.5 Å². The lowest BCUT2D eigenvalue weighted by molar-refractivity contribution is -0.135. The van der Waals surface area contributed by atoms with Gasteiger partial charge in [0.05, 0.1) is 12.2 Å². The molecule has 1 aromatic rings. The molecular formula is C50H73BN2O. The second-order valence-corrected chi connectivity index (χ2v) is 22.4. The molecule has 0 bridgehead atoms. The van der Waals surface area contributed by atoms with Crippen molar-refractivity contribution in [3.8, 4) is 0 Å². The quantitative estimate of drug-likeness (QED) is 0.288. The third kappa shape index (κ3) is 4.82. The van der Waals surface area contributed by atoms with Crippen LogP contribution in [-0.4, -0.2) is 52.9 Å². The third-order valence-corrected chi connectivity index (χ3v) is 19.9. The minimum atomic E-state index is 0.498. The van der Waals surface area contributed by atoms with E-state index >= 15 is 0 Å². The Morgan fingerprint density at radius 3 is 2.00 bits per heavy atom. The van der Waals surface area contributed by atoms with Crippen LogP contribution in [-0.2, 0) is 4.74 Å². The molecule has 4 heterocycles. The molecule has 0 radical (unpaired) electrons. The highest BCUT2D eigenvalue weighted by molar-refractivity contribution is 6.77. The smallest absolute Gasteiger partial charge is 0.187 e. The van der Waals surface area contributed by atoms with Gasteiger partial charge in [-0.15, -0.1) is 0 Å². The Morgan fingerprint density at radius 1 is 0.574 bits per heavy atom. The molecule has 17 atom stereocenters. The summed E-state index contributed by atoms with van der Waals surface area (Å²) in [6, 6.07) is 10.6. The summed E-state index contributed by atoms with van der Waals surface area (Å²) >= 11 is 0. The summed E-state index contributed by atoms with van der Waals surface area (Å²) in [5.74, 6) is 12.7. The molecule has 54 heavy (non-hydrogen) atoms. The van der Waals surface area contributed by atoms with Gasteiger partial charge in [0.25, 0.3) is 0 Å².